The van der Waals surface area contributed by atoms with Gasteiger partial charge in [0.15, 0.2) is 0 Å². The Hall–Kier alpha value is -1.98. The normalized spacial score (nSPS) is 29.6. The van der Waals surface area contributed by atoms with Crippen molar-refractivity contribution in [3.05, 3.63) is 34.6 Å². The Bertz CT molecular complexity index is 701. The van der Waals surface area contributed by atoms with Gasteiger partial charge in [0.25, 0.3) is 5.91 Å². The number of halogens is 2. The number of alkyl halides is 1. The molecule has 6 heteroatoms. The molecule has 22 heavy (non-hydrogen) atoms. The molecule has 2 aliphatic carbocycles. The lowest BCUT2D eigenvalue weighted by Gasteiger charge is -2.34. The molecule has 0 unspecified atom stereocenters. The molecular weight excluding hydrogens is 292 g/mol. The zero-order valence-corrected chi connectivity index (χ0v) is 11.8. The third-order valence-corrected chi connectivity index (χ3v) is 4.99. The molecule has 3 aliphatic rings. The highest BCUT2D eigenvalue weighted by atomic mass is 19.1. The van der Waals surface area contributed by atoms with Crippen molar-refractivity contribution in [1.82, 2.24) is 4.90 Å². The molecule has 116 valence electrons. The molecule has 2 fully saturated rings. The molecule has 0 radical (unpaired) electrons. The minimum absolute atomic E-state index is 0.0582. The molecule has 1 spiro atoms. The molecule has 1 aromatic rings. The highest BCUT2D eigenvalue weighted by Crippen LogP contribution is 2.56. The first-order valence-electron chi connectivity index (χ1n) is 7.42. The second-order valence-electron chi connectivity index (χ2n) is 6.55. The van der Waals surface area contributed by atoms with Crippen LogP contribution < -0.4 is 0 Å². The van der Waals surface area contributed by atoms with Crippen molar-refractivity contribution in [2.75, 3.05) is 13.1 Å². The first-order valence-corrected chi connectivity index (χ1v) is 7.42. The molecule has 0 aromatic heterocycles. The smallest absolute Gasteiger partial charge is 0.323 e. The topological polar surface area (TPSA) is 57.6 Å². The number of aliphatic carboxylic acids is 1. The van der Waals surface area contributed by atoms with Crippen LogP contribution in [0.2, 0.25) is 0 Å². The maximum Gasteiger partial charge on any atom is 0.323 e. The van der Waals surface area contributed by atoms with Gasteiger partial charge >= 0.3 is 5.97 Å². The molecule has 2 saturated carbocycles. The van der Waals surface area contributed by atoms with Crippen LogP contribution in [0.5, 0.6) is 0 Å². The molecule has 1 heterocycles. The first-order chi connectivity index (χ1) is 10.4. The largest absolute Gasteiger partial charge is 0.480 e. The van der Waals surface area contributed by atoms with E-state index in [4.69, 9.17) is 5.11 Å². The number of rotatable bonds is 3. The zero-order chi connectivity index (χ0) is 15.6. The van der Waals surface area contributed by atoms with Crippen LogP contribution >= 0.6 is 0 Å². The van der Waals surface area contributed by atoms with Crippen LogP contribution in [0, 0.1) is 5.82 Å². The van der Waals surface area contributed by atoms with Gasteiger partial charge in [-0.2, -0.15) is 0 Å². The fourth-order valence-corrected chi connectivity index (χ4v) is 3.60. The lowest BCUT2D eigenvalue weighted by Crippen LogP contribution is -2.47. The summed E-state index contributed by atoms with van der Waals surface area (Å²) in [5.74, 6) is -1.96. The summed E-state index contributed by atoms with van der Waals surface area (Å²) in [4.78, 5) is 24.4. The number of carboxylic acid groups (broad SMARTS) is 1. The Balaban J connectivity index is 1.84. The first kappa shape index (κ1) is 13.7. The van der Waals surface area contributed by atoms with E-state index < -0.39 is 35.8 Å². The van der Waals surface area contributed by atoms with Crippen molar-refractivity contribution in [1.29, 1.82) is 0 Å². The van der Waals surface area contributed by atoms with Crippen molar-refractivity contribution in [3.8, 4) is 0 Å². The van der Waals surface area contributed by atoms with E-state index in [0.717, 1.165) is 17.7 Å². The maximum absolute atomic E-state index is 14.9. The summed E-state index contributed by atoms with van der Waals surface area (Å²) in [7, 11) is 0. The fourth-order valence-electron chi connectivity index (χ4n) is 3.60. The third kappa shape index (κ3) is 1.79. The van der Waals surface area contributed by atoms with Gasteiger partial charge in [0.05, 0.1) is 5.41 Å². The molecule has 2 atom stereocenters. The number of carboxylic acids is 1. The van der Waals surface area contributed by atoms with Gasteiger partial charge in [-0.15, -0.1) is 0 Å². The molecule has 4 rings (SSSR count). The van der Waals surface area contributed by atoms with Crippen molar-refractivity contribution >= 4 is 11.9 Å². The standard InChI is InChI=1S/C16H15F2NO3/c17-11-5-16(11)7-19(6-12(20)21)15(22)10-4-3-9(8-1-2-8)14(18)13(10)16/h3-4,8,11H,1-2,5-7H2,(H,20,21)/t11-,16+/m0/s1. The summed E-state index contributed by atoms with van der Waals surface area (Å²) in [5, 5.41) is 8.91. The Morgan fingerprint density at radius 3 is 2.64 bits per heavy atom. The number of hydrogen-bond donors (Lipinski definition) is 1. The van der Waals surface area contributed by atoms with Crippen molar-refractivity contribution in [2.24, 2.45) is 0 Å². The summed E-state index contributed by atoms with van der Waals surface area (Å²) < 4.78 is 28.9. The van der Waals surface area contributed by atoms with E-state index in [1.807, 2.05) is 0 Å². The van der Waals surface area contributed by atoms with Crippen LogP contribution in [0.25, 0.3) is 0 Å². The van der Waals surface area contributed by atoms with Gasteiger partial charge in [0.2, 0.25) is 0 Å². The van der Waals surface area contributed by atoms with E-state index in [1.165, 1.54) is 6.07 Å². The monoisotopic (exact) mass is 307 g/mol. The minimum Gasteiger partial charge on any atom is -0.480 e. The summed E-state index contributed by atoms with van der Waals surface area (Å²) in [5.41, 5.74) is -0.185. The van der Waals surface area contributed by atoms with Crippen LogP contribution in [-0.4, -0.2) is 41.1 Å². The zero-order valence-electron chi connectivity index (χ0n) is 11.8. The van der Waals surface area contributed by atoms with Gasteiger partial charge in [-0.25, -0.2) is 8.78 Å². The highest BCUT2D eigenvalue weighted by molar-refractivity contribution is 5.99. The van der Waals surface area contributed by atoms with Gasteiger partial charge in [0.1, 0.15) is 18.5 Å². The number of carbonyl (C=O) groups is 2. The number of benzene rings is 1. The minimum atomic E-state index is -1.22. The number of fused-ring (bicyclic) bond motifs is 2. The van der Waals surface area contributed by atoms with Gasteiger partial charge in [0, 0.05) is 17.7 Å². The third-order valence-electron chi connectivity index (χ3n) is 4.99. The quantitative estimate of drug-likeness (QED) is 0.931. The predicted octanol–water partition coefficient (Wildman–Crippen LogP) is 2.22. The van der Waals surface area contributed by atoms with Crippen LogP contribution in [-0.2, 0) is 10.2 Å². The van der Waals surface area contributed by atoms with E-state index >= 15 is 0 Å². The van der Waals surface area contributed by atoms with Crippen molar-refractivity contribution < 1.29 is 23.5 Å². The SMILES string of the molecule is O=C(O)CN1C[C@@]2(C[C@@H]2F)c2c(ccc(C3CC3)c2F)C1=O. The second kappa shape index (κ2) is 4.27. The number of hydrogen-bond acceptors (Lipinski definition) is 2. The van der Waals surface area contributed by atoms with Gasteiger partial charge in [-0.1, -0.05) is 6.07 Å². The summed E-state index contributed by atoms with van der Waals surface area (Å²) in [6.07, 6.45) is 0.760. The van der Waals surface area contributed by atoms with Crippen LogP contribution in [0.4, 0.5) is 8.78 Å². The van der Waals surface area contributed by atoms with Crippen LogP contribution in [0.3, 0.4) is 0 Å². The Labute approximate surface area is 125 Å². The van der Waals surface area contributed by atoms with Crippen LogP contribution in [0.1, 0.15) is 46.7 Å². The molecule has 0 saturated heterocycles. The van der Waals surface area contributed by atoms with Crippen molar-refractivity contribution in [3.63, 3.8) is 0 Å². The lowest BCUT2D eigenvalue weighted by molar-refractivity contribution is -0.137. The van der Waals surface area contributed by atoms with Gasteiger partial charge < -0.3 is 10.0 Å². The summed E-state index contributed by atoms with van der Waals surface area (Å²) in [6, 6.07) is 3.13. The highest BCUT2D eigenvalue weighted by Gasteiger charge is 2.62. The van der Waals surface area contributed by atoms with E-state index in [0.29, 0.717) is 5.56 Å². The van der Waals surface area contributed by atoms with E-state index in [-0.39, 0.29) is 30.0 Å². The van der Waals surface area contributed by atoms with Crippen molar-refractivity contribution in [2.45, 2.75) is 36.8 Å². The molecule has 1 aromatic carbocycles. The second-order valence-corrected chi connectivity index (χ2v) is 6.55. The van der Waals surface area contributed by atoms with Gasteiger partial charge in [-0.3, -0.25) is 9.59 Å². The number of nitrogens with zero attached hydrogens (tertiary/aromatic N) is 1. The predicted molar refractivity (Wildman–Crippen MR) is 73.1 cm³/mol. The Morgan fingerprint density at radius 1 is 1.41 bits per heavy atom. The molecule has 1 amide bonds. The fraction of sp³-hybridized carbons (Fsp3) is 0.500. The maximum atomic E-state index is 14.9. The average molecular weight is 307 g/mol. The summed E-state index contributed by atoms with van der Waals surface area (Å²) in [6.45, 7) is -0.546. The van der Waals surface area contributed by atoms with E-state index in [2.05, 4.69) is 0 Å². The molecule has 1 aliphatic heterocycles. The van der Waals surface area contributed by atoms with Gasteiger partial charge in [-0.05, 0) is 36.8 Å². The average Bonchev–Trinajstić information content (AvgIpc) is 3.34. The molecule has 1 N–H and O–H groups in total. The van der Waals surface area contributed by atoms with E-state index in [1.54, 1.807) is 6.07 Å². The molecular formula is C16H15F2NO3. The molecule has 0 bridgehead atoms. The molecule has 4 nitrogen and oxygen atoms in total. The van der Waals surface area contributed by atoms with Crippen LogP contribution in [0.15, 0.2) is 12.1 Å². The Kier molecular flexibility index (Phi) is 2.65. The Morgan fingerprint density at radius 2 is 2.09 bits per heavy atom. The summed E-state index contributed by atoms with van der Waals surface area (Å²) >= 11 is 0. The van der Waals surface area contributed by atoms with E-state index in [9.17, 15) is 18.4 Å². The lowest BCUT2D eigenvalue weighted by atomic mass is 9.83. The number of carbonyl (C=O) groups excluding carboxylic acids is 1. The number of amides is 1.